The van der Waals surface area contributed by atoms with Crippen molar-refractivity contribution in [3.63, 3.8) is 0 Å². The van der Waals surface area contributed by atoms with Gasteiger partial charge in [-0.1, -0.05) is 25.5 Å². The van der Waals surface area contributed by atoms with Crippen LogP contribution in [0.1, 0.15) is 25.6 Å². The molecular weight excluding hydrogens is 198 g/mol. The van der Waals surface area contributed by atoms with Crippen molar-refractivity contribution in [2.45, 2.75) is 26.7 Å². The monoisotopic (exact) mass is 215 g/mol. The number of aromatic nitrogens is 2. The van der Waals surface area contributed by atoms with Crippen molar-refractivity contribution in [1.82, 2.24) is 9.97 Å². The number of hydrogen-bond acceptors (Lipinski definition) is 3. The van der Waals surface area contributed by atoms with Crippen LogP contribution in [0.15, 0.2) is 24.3 Å². The molecule has 0 radical (unpaired) electrons. The molecule has 16 heavy (non-hydrogen) atoms. The van der Waals surface area contributed by atoms with Crippen molar-refractivity contribution in [2.75, 3.05) is 11.9 Å². The average molecular weight is 215 g/mol. The lowest BCUT2D eigenvalue weighted by atomic mass is 10.2. The van der Waals surface area contributed by atoms with Crippen molar-refractivity contribution in [2.24, 2.45) is 0 Å². The summed E-state index contributed by atoms with van der Waals surface area (Å²) in [4.78, 5) is 8.86. The van der Waals surface area contributed by atoms with Gasteiger partial charge in [0, 0.05) is 11.9 Å². The van der Waals surface area contributed by atoms with E-state index in [4.69, 9.17) is 0 Å². The van der Waals surface area contributed by atoms with Crippen molar-refractivity contribution < 1.29 is 0 Å². The third-order valence-electron chi connectivity index (χ3n) is 2.54. The molecule has 0 unspecified atom stereocenters. The Morgan fingerprint density at radius 3 is 2.81 bits per heavy atom. The maximum atomic E-state index is 4.45. The first-order valence-electron chi connectivity index (χ1n) is 5.78. The quantitative estimate of drug-likeness (QED) is 0.796. The number of unbranched alkanes of at least 4 members (excludes halogenated alkanes) is 1. The SMILES string of the molecule is CCCCNc1nc(C)nc2ccccc12. The van der Waals surface area contributed by atoms with Crippen LogP contribution in [0.3, 0.4) is 0 Å². The van der Waals surface area contributed by atoms with Gasteiger partial charge < -0.3 is 5.32 Å². The molecule has 1 N–H and O–H groups in total. The fourth-order valence-electron chi connectivity index (χ4n) is 1.71. The molecule has 0 spiro atoms. The summed E-state index contributed by atoms with van der Waals surface area (Å²) in [6.45, 7) is 5.08. The summed E-state index contributed by atoms with van der Waals surface area (Å²) in [7, 11) is 0. The second-order valence-electron chi connectivity index (χ2n) is 3.92. The Hall–Kier alpha value is -1.64. The van der Waals surface area contributed by atoms with Gasteiger partial charge in [-0.2, -0.15) is 0 Å². The van der Waals surface area contributed by atoms with Gasteiger partial charge in [-0.15, -0.1) is 0 Å². The molecule has 1 aromatic carbocycles. The summed E-state index contributed by atoms with van der Waals surface area (Å²) in [5.74, 6) is 1.77. The Bertz CT molecular complexity index is 480. The van der Waals surface area contributed by atoms with Gasteiger partial charge in [-0.05, 0) is 25.5 Å². The number of aryl methyl sites for hydroxylation is 1. The Labute approximate surface area is 95.9 Å². The van der Waals surface area contributed by atoms with E-state index in [0.717, 1.165) is 35.5 Å². The van der Waals surface area contributed by atoms with Gasteiger partial charge >= 0.3 is 0 Å². The first-order valence-corrected chi connectivity index (χ1v) is 5.78. The van der Waals surface area contributed by atoms with Crippen LogP contribution in [0.5, 0.6) is 0 Å². The number of hydrogen-bond donors (Lipinski definition) is 1. The van der Waals surface area contributed by atoms with E-state index in [1.807, 2.05) is 25.1 Å². The summed E-state index contributed by atoms with van der Waals surface area (Å²) in [6, 6.07) is 8.11. The van der Waals surface area contributed by atoms with Gasteiger partial charge in [-0.3, -0.25) is 0 Å². The number of nitrogens with one attached hydrogen (secondary N) is 1. The highest BCUT2D eigenvalue weighted by Crippen LogP contribution is 2.19. The van der Waals surface area contributed by atoms with Crippen LogP contribution in [0.2, 0.25) is 0 Å². The molecule has 0 bridgehead atoms. The first kappa shape index (κ1) is 10.9. The summed E-state index contributed by atoms with van der Waals surface area (Å²) in [6.07, 6.45) is 2.35. The van der Waals surface area contributed by atoms with Crippen LogP contribution < -0.4 is 5.32 Å². The molecule has 0 saturated carbocycles. The number of rotatable bonds is 4. The molecule has 84 valence electrons. The smallest absolute Gasteiger partial charge is 0.137 e. The van der Waals surface area contributed by atoms with E-state index in [1.54, 1.807) is 0 Å². The summed E-state index contributed by atoms with van der Waals surface area (Å²) >= 11 is 0. The van der Waals surface area contributed by atoms with Crippen molar-refractivity contribution in [3.05, 3.63) is 30.1 Å². The van der Waals surface area contributed by atoms with Crippen LogP contribution in [0.4, 0.5) is 5.82 Å². The number of para-hydroxylation sites is 1. The van der Waals surface area contributed by atoms with Crippen LogP contribution >= 0.6 is 0 Å². The highest BCUT2D eigenvalue weighted by atomic mass is 15.0. The van der Waals surface area contributed by atoms with Crippen LogP contribution in [0, 0.1) is 6.92 Å². The summed E-state index contributed by atoms with van der Waals surface area (Å²) in [5.41, 5.74) is 1.01. The minimum atomic E-state index is 0.817. The van der Waals surface area contributed by atoms with Gasteiger partial charge in [0.05, 0.1) is 5.52 Å². The molecule has 2 aromatic rings. The highest BCUT2D eigenvalue weighted by Gasteiger charge is 2.03. The van der Waals surface area contributed by atoms with Crippen LogP contribution in [-0.4, -0.2) is 16.5 Å². The molecule has 0 aliphatic heterocycles. The maximum Gasteiger partial charge on any atom is 0.137 e. The minimum Gasteiger partial charge on any atom is -0.369 e. The van der Waals surface area contributed by atoms with Gasteiger partial charge in [0.2, 0.25) is 0 Å². The normalized spacial score (nSPS) is 10.6. The van der Waals surface area contributed by atoms with Crippen molar-refractivity contribution in [3.8, 4) is 0 Å². The lowest BCUT2D eigenvalue weighted by molar-refractivity contribution is 0.830. The lowest BCUT2D eigenvalue weighted by Crippen LogP contribution is -2.05. The Balaban J connectivity index is 2.34. The van der Waals surface area contributed by atoms with Gasteiger partial charge in [0.25, 0.3) is 0 Å². The molecule has 1 aromatic heterocycles. The maximum absolute atomic E-state index is 4.45. The Kier molecular flexibility index (Phi) is 3.34. The molecule has 0 amide bonds. The van der Waals surface area contributed by atoms with E-state index in [0.29, 0.717) is 0 Å². The minimum absolute atomic E-state index is 0.817. The zero-order valence-electron chi connectivity index (χ0n) is 9.83. The van der Waals surface area contributed by atoms with Crippen molar-refractivity contribution >= 4 is 16.7 Å². The largest absolute Gasteiger partial charge is 0.369 e. The molecule has 3 nitrogen and oxygen atoms in total. The molecule has 0 saturated heterocycles. The highest BCUT2D eigenvalue weighted by molar-refractivity contribution is 5.88. The van der Waals surface area contributed by atoms with E-state index in [9.17, 15) is 0 Å². The van der Waals surface area contributed by atoms with E-state index >= 15 is 0 Å². The molecule has 0 aliphatic rings. The molecule has 0 atom stereocenters. The molecule has 0 aliphatic carbocycles. The van der Waals surface area contributed by atoms with E-state index in [2.05, 4.69) is 28.3 Å². The summed E-state index contributed by atoms with van der Waals surface area (Å²) in [5, 5.41) is 4.48. The molecule has 2 rings (SSSR count). The van der Waals surface area contributed by atoms with Crippen LogP contribution in [-0.2, 0) is 0 Å². The fourth-order valence-corrected chi connectivity index (χ4v) is 1.71. The van der Waals surface area contributed by atoms with E-state index in [-0.39, 0.29) is 0 Å². The first-order chi connectivity index (χ1) is 7.81. The zero-order chi connectivity index (χ0) is 11.4. The second-order valence-corrected chi connectivity index (χ2v) is 3.92. The van der Waals surface area contributed by atoms with Gasteiger partial charge in [0.1, 0.15) is 11.6 Å². The number of benzene rings is 1. The van der Waals surface area contributed by atoms with Gasteiger partial charge in [0.15, 0.2) is 0 Å². The number of anilines is 1. The summed E-state index contributed by atoms with van der Waals surface area (Å²) < 4.78 is 0. The zero-order valence-corrected chi connectivity index (χ0v) is 9.83. The van der Waals surface area contributed by atoms with E-state index < -0.39 is 0 Å². The molecule has 1 heterocycles. The second kappa shape index (κ2) is 4.92. The Morgan fingerprint density at radius 2 is 2.00 bits per heavy atom. The topological polar surface area (TPSA) is 37.8 Å². The Morgan fingerprint density at radius 1 is 1.19 bits per heavy atom. The number of nitrogens with zero attached hydrogens (tertiary/aromatic N) is 2. The van der Waals surface area contributed by atoms with Gasteiger partial charge in [-0.25, -0.2) is 9.97 Å². The van der Waals surface area contributed by atoms with Crippen molar-refractivity contribution in [1.29, 1.82) is 0 Å². The third kappa shape index (κ3) is 2.30. The molecule has 0 fully saturated rings. The lowest BCUT2D eigenvalue weighted by Gasteiger charge is -2.08. The predicted octanol–water partition coefficient (Wildman–Crippen LogP) is 3.15. The molecule has 3 heteroatoms. The fraction of sp³-hybridized carbons (Fsp3) is 0.385. The van der Waals surface area contributed by atoms with E-state index in [1.165, 1.54) is 6.42 Å². The average Bonchev–Trinajstić information content (AvgIpc) is 2.29. The number of fused-ring (bicyclic) bond motifs is 1. The van der Waals surface area contributed by atoms with Crippen LogP contribution in [0.25, 0.3) is 10.9 Å². The standard InChI is InChI=1S/C13H17N3/c1-3-4-9-14-13-11-7-5-6-8-12(11)15-10(2)16-13/h5-8H,3-4,9H2,1-2H3,(H,14,15,16). The molecular formula is C13H17N3. The third-order valence-corrected chi connectivity index (χ3v) is 2.54. The predicted molar refractivity (Wildman–Crippen MR) is 67.7 cm³/mol.